The summed E-state index contributed by atoms with van der Waals surface area (Å²) in [6.45, 7) is 4.26. The molecular weight excluding hydrogens is 214 g/mol. The van der Waals surface area contributed by atoms with Crippen LogP contribution in [0, 0.1) is 0 Å². The molecule has 1 fully saturated rings. The highest BCUT2D eigenvalue weighted by molar-refractivity contribution is 5.16. The predicted octanol–water partition coefficient (Wildman–Crippen LogP) is 1.20. The Labute approximate surface area is 103 Å². The van der Waals surface area contributed by atoms with Crippen molar-refractivity contribution in [1.29, 1.82) is 0 Å². The Balaban J connectivity index is 1.72. The van der Waals surface area contributed by atoms with Crippen molar-refractivity contribution in [3.8, 4) is 0 Å². The van der Waals surface area contributed by atoms with Gasteiger partial charge in [0.2, 0.25) is 0 Å². The van der Waals surface area contributed by atoms with E-state index in [1.165, 1.54) is 5.56 Å². The van der Waals surface area contributed by atoms with E-state index in [1.807, 2.05) is 19.2 Å². The molecule has 4 nitrogen and oxygen atoms in total. The lowest BCUT2D eigenvalue weighted by Gasteiger charge is -2.35. The Hall–Kier alpha value is -0.970. The van der Waals surface area contributed by atoms with Crippen LogP contribution in [0.4, 0.5) is 0 Å². The maximum Gasteiger partial charge on any atom is 0.0604 e. The minimum Gasteiger partial charge on any atom is -0.378 e. The molecule has 4 heteroatoms. The molecule has 3 N–H and O–H groups in total. The SMILES string of the molecule is CCOC1CC(NCc2ccnc(CN)c2)C1. The average molecular weight is 235 g/mol. The molecule has 0 aliphatic heterocycles. The number of rotatable bonds is 6. The van der Waals surface area contributed by atoms with Crippen LogP contribution in [0.1, 0.15) is 31.0 Å². The molecule has 1 aliphatic rings. The van der Waals surface area contributed by atoms with Gasteiger partial charge in [-0.25, -0.2) is 0 Å². The van der Waals surface area contributed by atoms with E-state index in [0.717, 1.165) is 31.7 Å². The Kier molecular flexibility index (Phi) is 4.48. The van der Waals surface area contributed by atoms with Crippen LogP contribution in [-0.4, -0.2) is 23.7 Å². The van der Waals surface area contributed by atoms with Crippen molar-refractivity contribution in [3.63, 3.8) is 0 Å². The van der Waals surface area contributed by atoms with Crippen LogP contribution in [0.2, 0.25) is 0 Å². The van der Waals surface area contributed by atoms with Gasteiger partial charge >= 0.3 is 0 Å². The van der Waals surface area contributed by atoms with Gasteiger partial charge in [0.15, 0.2) is 0 Å². The van der Waals surface area contributed by atoms with E-state index in [1.54, 1.807) is 0 Å². The molecule has 0 bridgehead atoms. The number of pyridine rings is 1. The van der Waals surface area contributed by atoms with Gasteiger partial charge in [-0.05, 0) is 37.5 Å². The van der Waals surface area contributed by atoms with Crippen molar-refractivity contribution in [2.75, 3.05) is 6.61 Å². The zero-order valence-corrected chi connectivity index (χ0v) is 10.4. The summed E-state index contributed by atoms with van der Waals surface area (Å²) in [5, 5.41) is 3.53. The standard InChI is InChI=1S/C13H21N3O/c1-2-17-13-6-11(7-13)16-9-10-3-4-15-12(5-10)8-14/h3-5,11,13,16H,2,6-9,14H2,1H3. The zero-order valence-electron chi connectivity index (χ0n) is 10.4. The Morgan fingerprint density at radius 1 is 1.53 bits per heavy atom. The molecule has 0 aromatic carbocycles. The highest BCUT2D eigenvalue weighted by Crippen LogP contribution is 2.23. The van der Waals surface area contributed by atoms with E-state index in [4.69, 9.17) is 10.5 Å². The van der Waals surface area contributed by atoms with Gasteiger partial charge in [-0.1, -0.05) is 0 Å². The molecule has 1 aromatic heterocycles. The van der Waals surface area contributed by atoms with E-state index < -0.39 is 0 Å². The van der Waals surface area contributed by atoms with Crippen LogP contribution in [0.15, 0.2) is 18.3 Å². The van der Waals surface area contributed by atoms with Crippen molar-refractivity contribution < 1.29 is 4.74 Å². The Morgan fingerprint density at radius 3 is 3.06 bits per heavy atom. The second-order valence-electron chi connectivity index (χ2n) is 4.49. The van der Waals surface area contributed by atoms with E-state index >= 15 is 0 Å². The van der Waals surface area contributed by atoms with Gasteiger partial charge in [0.25, 0.3) is 0 Å². The quantitative estimate of drug-likeness (QED) is 0.777. The summed E-state index contributed by atoms with van der Waals surface area (Å²) >= 11 is 0. The van der Waals surface area contributed by atoms with Crippen molar-refractivity contribution >= 4 is 0 Å². The first-order valence-electron chi connectivity index (χ1n) is 6.30. The van der Waals surface area contributed by atoms with Gasteiger partial charge in [-0.15, -0.1) is 0 Å². The molecule has 0 unspecified atom stereocenters. The summed E-state index contributed by atoms with van der Waals surface area (Å²) in [7, 11) is 0. The number of nitrogens with one attached hydrogen (secondary N) is 1. The van der Waals surface area contributed by atoms with Crippen molar-refractivity contribution in [2.45, 2.75) is 45.0 Å². The monoisotopic (exact) mass is 235 g/mol. The molecule has 1 saturated carbocycles. The summed E-state index contributed by atoms with van der Waals surface area (Å²) in [6.07, 6.45) is 4.54. The van der Waals surface area contributed by atoms with Gasteiger partial charge in [0.1, 0.15) is 0 Å². The summed E-state index contributed by atoms with van der Waals surface area (Å²) in [5.41, 5.74) is 7.76. The molecule has 2 rings (SSSR count). The number of nitrogens with two attached hydrogens (primary N) is 1. The minimum absolute atomic E-state index is 0.467. The summed E-state index contributed by atoms with van der Waals surface area (Å²) in [5.74, 6) is 0. The Morgan fingerprint density at radius 2 is 2.35 bits per heavy atom. The molecule has 0 atom stereocenters. The van der Waals surface area contributed by atoms with Crippen LogP contribution in [0.5, 0.6) is 0 Å². The lowest BCUT2D eigenvalue weighted by Crippen LogP contribution is -2.45. The lowest BCUT2D eigenvalue weighted by atomic mass is 9.89. The van der Waals surface area contributed by atoms with Crippen LogP contribution < -0.4 is 11.1 Å². The maximum atomic E-state index is 5.56. The molecule has 0 saturated heterocycles. The number of ether oxygens (including phenoxy) is 1. The third-order valence-electron chi connectivity index (χ3n) is 3.18. The molecule has 94 valence electrons. The highest BCUT2D eigenvalue weighted by atomic mass is 16.5. The summed E-state index contributed by atoms with van der Waals surface area (Å²) in [4.78, 5) is 4.18. The fourth-order valence-electron chi connectivity index (χ4n) is 2.12. The van der Waals surface area contributed by atoms with E-state index in [-0.39, 0.29) is 0 Å². The first kappa shape index (κ1) is 12.5. The van der Waals surface area contributed by atoms with Gasteiger partial charge in [0.05, 0.1) is 11.8 Å². The summed E-state index contributed by atoms with van der Waals surface area (Å²) in [6, 6.07) is 4.69. The largest absolute Gasteiger partial charge is 0.378 e. The topological polar surface area (TPSA) is 60.2 Å². The predicted molar refractivity (Wildman–Crippen MR) is 67.4 cm³/mol. The fourth-order valence-corrected chi connectivity index (χ4v) is 2.12. The third kappa shape index (κ3) is 3.49. The normalized spacial score (nSPS) is 23.4. The lowest BCUT2D eigenvalue weighted by molar-refractivity contribution is -0.0102. The third-order valence-corrected chi connectivity index (χ3v) is 3.18. The van der Waals surface area contributed by atoms with E-state index in [9.17, 15) is 0 Å². The van der Waals surface area contributed by atoms with Crippen molar-refractivity contribution in [3.05, 3.63) is 29.6 Å². The number of hydrogen-bond acceptors (Lipinski definition) is 4. The molecular formula is C13H21N3O. The van der Waals surface area contributed by atoms with Gasteiger partial charge in [0, 0.05) is 31.9 Å². The van der Waals surface area contributed by atoms with Crippen molar-refractivity contribution in [1.82, 2.24) is 10.3 Å². The number of hydrogen-bond donors (Lipinski definition) is 2. The van der Waals surface area contributed by atoms with E-state index in [2.05, 4.69) is 16.4 Å². The van der Waals surface area contributed by atoms with Crippen LogP contribution in [-0.2, 0) is 17.8 Å². The van der Waals surface area contributed by atoms with Gasteiger partial charge in [-0.3, -0.25) is 4.98 Å². The maximum absolute atomic E-state index is 5.56. The van der Waals surface area contributed by atoms with E-state index in [0.29, 0.717) is 18.7 Å². The molecule has 0 amide bonds. The second-order valence-corrected chi connectivity index (χ2v) is 4.49. The Bertz CT molecular complexity index is 350. The molecule has 1 heterocycles. The highest BCUT2D eigenvalue weighted by Gasteiger charge is 2.28. The number of aromatic nitrogens is 1. The molecule has 0 spiro atoms. The van der Waals surface area contributed by atoms with Crippen molar-refractivity contribution in [2.24, 2.45) is 5.73 Å². The smallest absolute Gasteiger partial charge is 0.0604 e. The molecule has 1 aromatic rings. The zero-order chi connectivity index (χ0) is 12.1. The molecule has 1 aliphatic carbocycles. The van der Waals surface area contributed by atoms with Crippen LogP contribution in [0.3, 0.4) is 0 Å². The summed E-state index contributed by atoms with van der Waals surface area (Å²) < 4.78 is 5.53. The molecule has 17 heavy (non-hydrogen) atoms. The first-order chi connectivity index (χ1) is 8.31. The second kappa shape index (κ2) is 6.10. The number of nitrogens with zero attached hydrogens (tertiary/aromatic N) is 1. The van der Waals surface area contributed by atoms with Gasteiger partial charge < -0.3 is 15.8 Å². The van der Waals surface area contributed by atoms with Gasteiger partial charge in [-0.2, -0.15) is 0 Å². The average Bonchev–Trinajstić information content (AvgIpc) is 2.32. The molecule has 0 radical (unpaired) electrons. The van der Waals surface area contributed by atoms with Crippen LogP contribution >= 0.6 is 0 Å². The first-order valence-corrected chi connectivity index (χ1v) is 6.30. The minimum atomic E-state index is 0.467. The van der Waals surface area contributed by atoms with Crippen LogP contribution in [0.25, 0.3) is 0 Å². The fraction of sp³-hybridized carbons (Fsp3) is 0.615.